The third-order valence-corrected chi connectivity index (χ3v) is 7.27. The van der Waals surface area contributed by atoms with Gasteiger partial charge in [0.15, 0.2) is 0 Å². The zero-order chi connectivity index (χ0) is 27.1. The molecule has 206 valence electrons. The van der Waals surface area contributed by atoms with E-state index < -0.39 is 42.1 Å². The summed E-state index contributed by atoms with van der Waals surface area (Å²) in [6.07, 6.45) is 13.5. The van der Waals surface area contributed by atoms with Crippen LogP contribution in [0.5, 0.6) is 0 Å². The first kappa shape index (κ1) is 28.0. The summed E-state index contributed by atoms with van der Waals surface area (Å²) in [7, 11) is 1.81. The quantitative estimate of drug-likeness (QED) is 0.534. The molecule has 9 heteroatoms. The van der Waals surface area contributed by atoms with Crippen LogP contribution in [0.1, 0.15) is 50.5 Å². The number of benzene rings is 1. The number of carbonyl (C=O) groups is 2. The summed E-state index contributed by atoms with van der Waals surface area (Å²) in [5.41, 5.74) is -0.0593. The van der Waals surface area contributed by atoms with Crippen LogP contribution < -0.4 is 5.32 Å². The number of likely N-dealkylation sites (tertiary alicyclic amines) is 1. The second-order valence-corrected chi connectivity index (χ2v) is 10.3. The molecule has 0 bridgehead atoms. The number of nitrogens with zero attached hydrogens (tertiary/aromatic N) is 2. The average molecular weight is 532 g/mol. The maximum atomic E-state index is 14.9. The largest absolute Gasteiger partial charge is 0.376 e. The molecule has 3 aliphatic rings. The summed E-state index contributed by atoms with van der Waals surface area (Å²) >= 11 is 0. The first-order chi connectivity index (χ1) is 18.3. The Balaban J connectivity index is 1.39. The first-order valence-electron chi connectivity index (χ1n) is 13.4. The highest BCUT2D eigenvalue weighted by atomic mass is 19.1. The molecule has 2 aliphatic heterocycles. The van der Waals surface area contributed by atoms with Gasteiger partial charge in [0.2, 0.25) is 5.91 Å². The van der Waals surface area contributed by atoms with Gasteiger partial charge in [-0.05, 0) is 25.3 Å². The van der Waals surface area contributed by atoms with Gasteiger partial charge in [-0.2, -0.15) is 0 Å². The number of ether oxygens (including phenoxy) is 1. The number of hydrogen-bond donors (Lipinski definition) is 1. The molecule has 0 spiro atoms. The van der Waals surface area contributed by atoms with Gasteiger partial charge in [-0.25, -0.2) is 13.2 Å². The molecule has 1 saturated carbocycles. The third kappa shape index (κ3) is 7.49. The number of allylic oxidation sites excluding steroid dienone is 3. The lowest BCUT2D eigenvalue weighted by molar-refractivity contribution is -0.133. The topological polar surface area (TPSA) is 61.9 Å². The van der Waals surface area contributed by atoms with Crippen LogP contribution in [-0.4, -0.2) is 66.7 Å². The highest BCUT2D eigenvalue weighted by Crippen LogP contribution is 2.27. The lowest BCUT2D eigenvalue weighted by Crippen LogP contribution is -2.40. The third-order valence-electron chi connectivity index (χ3n) is 7.27. The van der Waals surface area contributed by atoms with Crippen molar-refractivity contribution in [3.05, 3.63) is 65.4 Å². The fourth-order valence-electron chi connectivity index (χ4n) is 5.19. The molecule has 2 heterocycles. The van der Waals surface area contributed by atoms with Crippen LogP contribution >= 0.6 is 0 Å². The molecular weight excluding hydrogens is 495 g/mol. The molecule has 2 atom stereocenters. The Hall–Kier alpha value is -3.07. The van der Waals surface area contributed by atoms with E-state index in [4.69, 9.17) is 4.74 Å². The number of halogens is 3. The van der Waals surface area contributed by atoms with Gasteiger partial charge < -0.3 is 19.9 Å². The zero-order valence-electron chi connectivity index (χ0n) is 21.8. The Morgan fingerprint density at radius 1 is 1.08 bits per heavy atom. The number of amides is 2. The van der Waals surface area contributed by atoms with E-state index in [0.29, 0.717) is 18.5 Å². The fraction of sp³-hybridized carbons (Fsp3) is 0.517. The van der Waals surface area contributed by atoms with E-state index in [2.05, 4.69) is 5.32 Å². The number of alkyl halides is 1. The second-order valence-electron chi connectivity index (χ2n) is 10.3. The van der Waals surface area contributed by atoms with Crippen molar-refractivity contribution in [3.8, 4) is 0 Å². The SMILES string of the molecule is CN1/C=C(/C(=O)Nc2cc(F)c(CC(=O)N3CC(F)CC3COC3CCCCC3)cc2F)C/C=C\C=C/C1. The number of carbonyl (C=O) groups excluding carboxylic acids is 2. The molecule has 38 heavy (non-hydrogen) atoms. The molecule has 2 fully saturated rings. The number of nitrogens with one attached hydrogen (secondary N) is 1. The van der Waals surface area contributed by atoms with E-state index in [1.54, 1.807) is 12.3 Å². The fourth-order valence-corrected chi connectivity index (χ4v) is 5.19. The van der Waals surface area contributed by atoms with Crippen LogP contribution in [0.4, 0.5) is 18.9 Å². The summed E-state index contributed by atoms with van der Waals surface area (Å²) in [5.74, 6) is -2.68. The Morgan fingerprint density at radius 2 is 1.84 bits per heavy atom. The van der Waals surface area contributed by atoms with Gasteiger partial charge in [0.25, 0.3) is 5.91 Å². The highest BCUT2D eigenvalue weighted by Gasteiger charge is 2.36. The Kier molecular flexibility index (Phi) is 9.66. The number of anilines is 1. The van der Waals surface area contributed by atoms with Crippen LogP contribution in [0.25, 0.3) is 0 Å². The maximum Gasteiger partial charge on any atom is 0.253 e. The van der Waals surface area contributed by atoms with Gasteiger partial charge in [-0.15, -0.1) is 0 Å². The van der Waals surface area contributed by atoms with Crippen molar-refractivity contribution < 1.29 is 27.5 Å². The van der Waals surface area contributed by atoms with Gasteiger partial charge >= 0.3 is 0 Å². The number of hydrogen-bond acceptors (Lipinski definition) is 4. The minimum Gasteiger partial charge on any atom is -0.376 e. The molecule has 0 radical (unpaired) electrons. The number of rotatable bonds is 7. The molecule has 0 aromatic heterocycles. The molecule has 2 amide bonds. The van der Waals surface area contributed by atoms with Gasteiger partial charge in [-0.3, -0.25) is 9.59 Å². The van der Waals surface area contributed by atoms with E-state index in [1.165, 1.54) is 11.3 Å². The lowest BCUT2D eigenvalue weighted by atomic mass is 9.98. The Bertz CT molecular complexity index is 1100. The molecule has 2 unspecified atom stereocenters. The summed E-state index contributed by atoms with van der Waals surface area (Å²) in [4.78, 5) is 29.0. The van der Waals surface area contributed by atoms with Gasteiger partial charge in [0, 0.05) is 43.4 Å². The molecule has 4 rings (SSSR count). The molecule has 6 nitrogen and oxygen atoms in total. The molecular formula is C29H36F3N3O3. The molecule has 1 aliphatic carbocycles. The van der Waals surface area contributed by atoms with Gasteiger partial charge in [0.1, 0.15) is 17.8 Å². The molecule has 1 aromatic rings. The Morgan fingerprint density at radius 3 is 2.63 bits per heavy atom. The van der Waals surface area contributed by atoms with Crippen LogP contribution in [0.15, 0.2) is 48.2 Å². The predicted octanol–water partition coefficient (Wildman–Crippen LogP) is 5.07. The van der Waals surface area contributed by atoms with E-state index in [0.717, 1.165) is 37.8 Å². The van der Waals surface area contributed by atoms with Crippen LogP contribution in [0.2, 0.25) is 0 Å². The zero-order valence-corrected chi connectivity index (χ0v) is 21.8. The van der Waals surface area contributed by atoms with Crippen molar-refractivity contribution >= 4 is 17.5 Å². The molecule has 1 saturated heterocycles. The highest BCUT2D eigenvalue weighted by molar-refractivity contribution is 6.04. The second kappa shape index (κ2) is 13.1. The lowest BCUT2D eigenvalue weighted by Gasteiger charge is -2.28. The monoisotopic (exact) mass is 531 g/mol. The minimum absolute atomic E-state index is 0.0801. The summed E-state index contributed by atoms with van der Waals surface area (Å²) in [5, 5.41) is 2.44. The summed E-state index contributed by atoms with van der Waals surface area (Å²) < 4.78 is 50.0. The van der Waals surface area contributed by atoms with Crippen molar-refractivity contribution in [2.45, 2.75) is 69.7 Å². The summed E-state index contributed by atoms with van der Waals surface area (Å²) in [6, 6.07) is 1.39. The normalized spacial score (nSPS) is 25.6. The van der Waals surface area contributed by atoms with Crippen LogP contribution in [-0.2, 0) is 20.7 Å². The van der Waals surface area contributed by atoms with E-state index >= 15 is 0 Å². The van der Waals surface area contributed by atoms with Crippen molar-refractivity contribution in [3.63, 3.8) is 0 Å². The van der Waals surface area contributed by atoms with Crippen molar-refractivity contribution in [1.82, 2.24) is 9.80 Å². The van der Waals surface area contributed by atoms with E-state index in [1.807, 2.05) is 30.2 Å². The van der Waals surface area contributed by atoms with Crippen LogP contribution in [0, 0.1) is 11.6 Å². The number of likely N-dealkylation sites (N-methyl/N-ethyl adjacent to an activating group) is 1. The maximum absolute atomic E-state index is 14.9. The Labute approximate surface area is 222 Å². The predicted molar refractivity (Wildman–Crippen MR) is 140 cm³/mol. The van der Waals surface area contributed by atoms with E-state index in [-0.39, 0.29) is 36.9 Å². The van der Waals surface area contributed by atoms with Crippen molar-refractivity contribution in [2.24, 2.45) is 0 Å². The first-order valence-corrected chi connectivity index (χ1v) is 13.4. The van der Waals surface area contributed by atoms with Crippen molar-refractivity contribution in [1.29, 1.82) is 0 Å². The molecule has 1 aromatic carbocycles. The summed E-state index contributed by atoms with van der Waals surface area (Å²) in [6.45, 7) is 0.763. The standard InChI is InChI=1S/C29H36F3N3O3/c1-34-12-8-3-2-5-9-20(17-34)29(37)33-27-16-25(31)21(13-26(27)32)14-28(36)35-18-22(30)15-23(35)19-38-24-10-6-4-7-11-24/h2-3,5,8,13,16-17,22-24H,4,6-7,9-12,14-15,18-19H2,1H3,(H,33,37)/b5-2-,8-3-,20-17+. The van der Waals surface area contributed by atoms with Crippen molar-refractivity contribution in [2.75, 3.05) is 32.1 Å². The van der Waals surface area contributed by atoms with Gasteiger partial charge in [0.05, 0.1) is 37.4 Å². The van der Waals surface area contributed by atoms with E-state index in [9.17, 15) is 22.8 Å². The minimum atomic E-state index is -1.17. The van der Waals surface area contributed by atoms with Gasteiger partial charge in [-0.1, -0.05) is 43.6 Å². The van der Waals surface area contributed by atoms with Crippen LogP contribution in [0.3, 0.4) is 0 Å². The average Bonchev–Trinajstić information content (AvgIpc) is 3.32. The molecule has 1 N–H and O–H groups in total. The smallest absolute Gasteiger partial charge is 0.253 e.